The van der Waals surface area contributed by atoms with Gasteiger partial charge in [-0.2, -0.15) is 0 Å². The molecule has 0 unspecified atom stereocenters. The first-order valence-corrected chi connectivity index (χ1v) is 7.67. The van der Waals surface area contributed by atoms with Crippen LogP contribution in [0.2, 0.25) is 0 Å². The van der Waals surface area contributed by atoms with Crippen LogP contribution in [0.5, 0.6) is 0 Å². The van der Waals surface area contributed by atoms with Crippen LogP contribution in [0.25, 0.3) is 0 Å². The van der Waals surface area contributed by atoms with Crippen LogP contribution < -0.4 is 0 Å². The van der Waals surface area contributed by atoms with Crippen molar-refractivity contribution in [3.05, 3.63) is 71.8 Å². The highest BCUT2D eigenvalue weighted by Gasteiger charge is 2.24. The SMILES string of the molecule is CCCC(O)(O)CCC(c1ccccc1)c1ccccc1. The van der Waals surface area contributed by atoms with Gasteiger partial charge in [0.15, 0.2) is 5.79 Å². The second-order valence-corrected chi connectivity index (χ2v) is 5.65. The average molecular weight is 284 g/mol. The minimum atomic E-state index is -1.56. The molecule has 21 heavy (non-hydrogen) atoms. The lowest BCUT2D eigenvalue weighted by Crippen LogP contribution is -2.28. The average Bonchev–Trinajstić information content (AvgIpc) is 2.49. The fraction of sp³-hybridized carbons (Fsp3) is 0.368. The van der Waals surface area contributed by atoms with Crippen LogP contribution in [-0.2, 0) is 0 Å². The van der Waals surface area contributed by atoms with Crippen molar-refractivity contribution in [2.45, 2.75) is 44.3 Å². The van der Waals surface area contributed by atoms with E-state index in [4.69, 9.17) is 0 Å². The van der Waals surface area contributed by atoms with Crippen molar-refractivity contribution in [1.82, 2.24) is 0 Å². The lowest BCUT2D eigenvalue weighted by molar-refractivity contribution is -0.171. The van der Waals surface area contributed by atoms with E-state index in [1.54, 1.807) is 0 Å². The molecule has 2 N–H and O–H groups in total. The highest BCUT2D eigenvalue weighted by Crippen LogP contribution is 2.31. The molecule has 0 atom stereocenters. The van der Waals surface area contributed by atoms with Gasteiger partial charge in [0.25, 0.3) is 0 Å². The van der Waals surface area contributed by atoms with Gasteiger partial charge in [-0.1, -0.05) is 74.0 Å². The second kappa shape index (κ2) is 7.39. The zero-order valence-electron chi connectivity index (χ0n) is 12.6. The molecule has 0 aliphatic carbocycles. The molecule has 0 saturated carbocycles. The first-order valence-electron chi connectivity index (χ1n) is 7.67. The monoisotopic (exact) mass is 284 g/mol. The van der Waals surface area contributed by atoms with Crippen LogP contribution in [0.4, 0.5) is 0 Å². The third-order valence-electron chi connectivity index (χ3n) is 3.89. The number of benzene rings is 2. The zero-order valence-corrected chi connectivity index (χ0v) is 12.6. The van der Waals surface area contributed by atoms with E-state index in [9.17, 15) is 10.2 Å². The molecule has 0 amide bonds. The largest absolute Gasteiger partial charge is 0.366 e. The molecule has 0 aliphatic heterocycles. The normalized spacial score (nSPS) is 11.8. The summed E-state index contributed by atoms with van der Waals surface area (Å²) in [6.07, 6.45) is 2.30. The number of hydrogen-bond donors (Lipinski definition) is 2. The first kappa shape index (κ1) is 15.7. The van der Waals surface area contributed by atoms with Crippen molar-refractivity contribution < 1.29 is 10.2 Å². The number of aliphatic hydroxyl groups is 2. The van der Waals surface area contributed by atoms with E-state index >= 15 is 0 Å². The summed E-state index contributed by atoms with van der Waals surface area (Å²) < 4.78 is 0. The molecule has 2 aromatic rings. The summed E-state index contributed by atoms with van der Waals surface area (Å²) >= 11 is 0. The van der Waals surface area contributed by atoms with Crippen LogP contribution in [0.15, 0.2) is 60.7 Å². The Morgan fingerprint density at radius 3 is 1.71 bits per heavy atom. The number of hydrogen-bond acceptors (Lipinski definition) is 2. The first-order chi connectivity index (χ1) is 10.1. The van der Waals surface area contributed by atoms with Crippen molar-refractivity contribution in [2.75, 3.05) is 0 Å². The lowest BCUT2D eigenvalue weighted by Gasteiger charge is -2.25. The van der Waals surface area contributed by atoms with E-state index in [0.717, 1.165) is 12.8 Å². The number of rotatable bonds is 7. The molecular formula is C19H24O2. The summed E-state index contributed by atoms with van der Waals surface area (Å²) in [5, 5.41) is 20.0. The van der Waals surface area contributed by atoms with Gasteiger partial charge in [0.2, 0.25) is 0 Å². The molecule has 2 aromatic carbocycles. The van der Waals surface area contributed by atoms with Gasteiger partial charge in [-0.25, -0.2) is 0 Å². The maximum absolute atomic E-state index is 10.0. The Morgan fingerprint density at radius 1 is 0.810 bits per heavy atom. The topological polar surface area (TPSA) is 40.5 Å². The van der Waals surface area contributed by atoms with E-state index < -0.39 is 5.79 Å². The predicted molar refractivity (Wildman–Crippen MR) is 86.0 cm³/mol. The van der Waals surface area contributed by atoms with Crippen LogP contribution in [0.3, 0.4) is 0 Å². The van der Waals surface area contributed by atoms with Crippen molar-refractivity contribution in [3.63, 3.8) is 0 Å². The highest BCUT2D eigenvalue weighted by molar-refractivity contribution is 5.32. The Kier molecular flexibility index (Phi) is 5.54. The van der Waals surface area contributed by atoms with Crippen LogP contribution in [-0.4, -0.2) is 16.0 Å². The van der Waals surface area contributed by atoms with Gasteiger partial charge in [-0.15, -0.1) is 0 Å². The minimum absolute atomic E-state index is 0.197. The minimum Gasteiger partial charge on any atom is -0.366 e. The van der Waals surface area contributed by atoms with Crippen LogP contribution in [0.1, 0.15) is 49.7 Å². The molecule has 0 heterocycles. The molecule has 2 heteroatoms. The van der Waals surface area contributed by atoms with Gasteiger partial charge >= 0.3 is 0 Å². The van der Waals surface area contributed by atoms with Crippen molar-refractivity contribution >= 4 is 0 Å². The Morgan fingerprint density at radius 2 is 1.29 bits per heavy atom. The maximum Gasteiger partial charge on any atom is 0.162 e. The highest BCUT2D eigenvalue weighted by atomic mass is 16.5. The van der Waals surface area contributed by atoms with E-state index in [0.29, 0.717) is 12.8 Å². The van der Waals surface area contributed by atoms with Gasteiger partial charge in [-0.3, -0.25) is 0 Å². The smallest absolute Gasteiger partial charge is 0.162 e. The molecule has 0 aliphatic rings. The fourth-order valence-electron chi connectivity index (χ4n) is 2.80. The molecular weight excluding hydrogens is 260 g/mol. The maximum atomic E-state index is 10.0. The zero-order chi connectivity index (χ0) is 15.1. The standard InChI is InChI=1S/C19H24O2/c1-2-14-19(20,21)15-13-18(16-9-5-3-6-10-16)17-11-7-4-8-12-17/h3-12,18,20-21H,2,13-15H2,1H3. The Bertz CT molecular complexity index is 480. The fourth-order valence-corrected chi connectivity index (χ4v) is 2.80. The van der Waals surface area contributed by atoms with Gasteiger partial charge in [0.1, 0.15) is 0 Å². The molecule has 0 aromatic heterocycles. The molecule has 0 radical (unpaired) electrons. The van der Waals surface area contributed by atoms with Gasteiger partial charge < -0.3 is 10.2 Å². The molecule has 0 bridgehead atoms. The van der Waals surface area contributed by atoms with E-state index in [1.807, 2.05) is 43.3 Å². The summed E-state index contributed by atoms with van der Waals surface area (Å²) in [7, 11) is 0. The Labute approximate surface area is 127 Å². The van der Waals surface area contributed by atoms with Crippen molar-refractivity contribution in [1.29, 1.82) is 0 Å². The summed E-state index contributed by atoms with van der Waals surface area (Å²) in [6, 6.07) is 20.6. The van der Waals surface area contributed by atoms with Crippen LogP contribution >= 0.6 is 0 Å². The lowest BCUT2D eigenvalue weighted by atomic mass is 9.85. The third-order valence-corrected chi connectivity index (χ3v) is 3.89. The van der Waals surface area contributed by atoms with Crippen molar-refractivity contribution in [2.24, 2.45) is 0 Å². The van der Waals surface area contributed by atoms with E-state index in [-0.39, 0.29) is 5.92 Å². The summed E-state index contributed by atoms with van der Waals surface area (Å²) in [6.45, 7) is 1.97. The van der Waals surface area contributed by atoms with Crippen LogP contribution in [0, 0.1) is 0 Å². The molecule has 0 fully saturated rings. The second-order valence-electron chi connectivity index (χ2n) is 5.65. The molecule has 2 nitrogen and oxygen atoms in total. The van der Waals surface area contributed by atoms with E-state index in [2.05, 4.69) is 24.3 Å². The van der Waals surface area contributed by atoms with E-state index in [1.165, 1.54) is 11.1 Å². The summed E-state index contributed by atoms with van der Waals surface area (Å²) in [4.78, 5) is 0. The molecule has 0 saturated heterocycles. The van der Waals surface area contributed by atoms with Gasteiger partial charge in [-0.05, 0) is 17.5 Å². The predicted octanol–water partition coefficient (Wildman–Crippen LogP) is 4.08. The molecule has 2 rings (SSSR count). The molecule has 0 spiro atoms. The third kappa shape index (κ3) is 4.69. The quantitative estimate of drug-likeness (QED) is 0.752. The summed E-state index contributed by atoms with van der Waals surface area (Å²) in [5.41, 5.74) is 2.44. The van der Waals surface area contributed by atoms with Crippen molar-refractivity contribution in [3.8, 4) is 0 Å². The van der Waals surface area contributed by atoms with Gasteiger partial charge in [0.05, 0.1) is 0 Å². The Balaban J connectivity index is 2.18. The molecule has 112 valence electrons. The summed E-state index contributed by atoms with van der Waals surface area (Å²) in [5.74, 6) is -1.36. The Hall–Kier alpha value is -1.64. The van der Waals surface area contributed by atoms with Gasteiger partial charge in [0, 0.05) is 18.8 Å².